The van der Waals surface area contributed by atoms with E-state index >= 15 is 0 Å². The van der Waals surface area contributed by atoms with Crippen LogP contribution in [-0.4, -0.2) is 30.9 Å². The molecule has 0 aliphatic heterocycles. The molecule has 3 N–H and O–H groups in total. The normalized spacial score (nSPS) is 12.3. The van der Waals surface area contributed by atoms with Gasteiger partial charge in [-0.3, -0.25) is 0 Å². The van der Waals surface area contributed by atoms with E-state index in [4.69, 9.17) is 5.73 Å². The lowest BCUT2D eigenvalue weighted by atomic mass is 9.86. The smallest absolute Gasteiger partial charge is 0.246 e. The molecule has 0 atom stereocenters. The first kappa shape index (κ1) is 21.2. The molecule has 0 unspecified atom stereocenters. The molecule has 5 nitrogen and oxygen atoms in total. The van der Waals surface area contributed by atoms with Crippen molar-refractivity contribution in [3.8, 4) is 5.75 Å². The zero-order chi connectivity index (χ0) is 16.4. The molecule has 1 rings (SSSR count). The molecular weight excluding hydrogens is 324 g/mol. The molecule has 22 heavy (non-hydrogen) atoms. The average Bonchev–Trinajstić information content (AvgIpc) is 2.38. The Labute approximate surface area is 140 Å². The Morgan fingerprint density at radius 3 is 2.05 bits per heavy atom. The fourth-order valence-electron chi connectivity index (χ4n) is 2.15. The van der Waals surface area contributed by atoms with Gasteiger partial charge >= 0.3 is 0 Å². The van der Waals surface area contributed by atoms with E-state index in [1.165, 1.54) is 4.31 Å². The lowest BCUT2D eigenvalue weighted by Crippen LogP contribution is -2.31. The number of aromatic hydroxyl groups is 1. The van der Waals surface area contributed by atoms with Crippen LogP contribution in [0.5, 0.6) is 5.75 Å². The second-order valence-electron chi connectivity index (χ2n) is 6.03. The zero-order valence-electron chi connectivity index (χ0n) is 13.9. The van der Waals surface area contributed by atoms with Gasteiger partial charge in [0.15, 0.2) is 0 Å². The van der Waals surface area contributed by atoms with Crippen LogP contribution in [0, 0.1) is 0 Å². The van der Waals surface area contributed by atoms with Crippen LogP contribution in [-0.2, 0) is 22.0 Å². The Morgan fingerprint density at radius 2 is 1.68 bits per heavy atom. The molecule has 7 heteroatoms. The summed E-state index contributed by atoms with van der Waals surface area (Å²) in [5, 5.41) is 10.3. The summed E-state index contributed by atoms with van der Waals surface area (Å²) >= 11 is 0. The highest BCUT2D eigenvalue weighted by atomic mass is 35.5. The molecule has 0 aliphatic carbocycles. The van der Waals surface area contributed by atoms with Crippen molar-refractivity contribution in [2.45, 2.75) is 51.5 Å². The van der Waals surface area contributed by atoms with Crippen molar-refractivity contribution in [1.29, 1.82) is 0 Å². The summed E-state index contributed by atoms with van der Waals surface area (Å²) in [6.45, 7) is 10.3. The van der Waals surface area contributed by atoms with Gasteiger partial charge in [0, 0.05) is 25.2 Å². The number of benzene rings is 1. The van der Waals surface area contributed by atoms with E-state index < -0.39 is 10.0 Å². The van der Waals surface area contributed by atoms with Crippen molar-refractivity contribution >= 4 is 22.4 Å². The number of phenols is 1. The summed E-state index contributed by atoms with van der Waals surface area (Å²) < 4.78 is 26.7. The summed E-state index contributed by atoms with van der Waals surface area (Å²) in [6.07, 6.45) is 0. The van der Waals surface area contributed by atoms with Gasteiger partial charge in [0.1, 0.15) is 10.6 Å². The quantitative estimate of drug-likeness (QED) is 0.854. The van der Waals surface area contributed by atoms with Crippen LogP contribution in [0.15, 0.2) is 17.0 Å². The molecule has 0 fully saturated rings. The Hall–Kier alpha value is -0.820. The minimum Gasteiger partial charge on any atom is -0.506 e. The number of hydrogen-bond acceptors (Lipinski definition) is 4. The molecule has 0 radical (unpaired) electrons. The summed E-state index contributed by atoms with van der Waals surface area (Å²) in [5.41, 5.74) is 6.71. The number of sulfonamides is 1. The Balaban J connectivity index is 0.00000441. The highest BCUT2D eigenvalue weighted by Crippen LogP contribution is 2.34. The molecule has 0 aliphatic rings. The second-order valence-corrected chi connectivity index (χ2v) is 7.93. The molecule has 0 saturated heterocycles. The first-order valence-corrected chi connectivity index (χ1v) is 8.60. The van der Waals surface area contributed by atoms with Gasteiger partial charge in [-0.25, -0.2) is 8.42 Å². The fourth-order valence-corrected chi connectivity index (χ4v) is 3.76. The predicted octanol–water partition coefficient (Wildman–Crippen LogP) is 2.60. The van der Waals surface area contributed by atoms with Crippen LogP contribution < -0.4 is 5.73 Å². The van der Waals surface area contributed by atoms with E-state index in [9.17, 15) is 13.5 Å². The molecule has 1 aromatic carbocycles. The molecule has 0 saturated carbocycles. The lowest BCUT2D eigenvalue weighted by Gasteiger charge is -2.24. The molecule has 0 spiro atoms. The molecule has 0 heterocycles. The van der Waals surface area contributed by atoms with E-state index in [1.807, 2.05) is 20.8 Å². The third-order valence-corrected chi connectivity index (χ3v) is 5.63. The number of nitrogens with two attached hydrogens (primary N) is 1. The summed E-state index contributed by atoms with van der Waals surface area (Å²) in [6, 6.07) is 3.33. The first-order chi connectivity index (χ1) is 9.59. The Bertz CT molecular complexity index is 606. The van der Waals surface area contributed by atoms with Crippen molar-refractivity contribution in [1.82, 2.24) is 4.31 Å². The minimum absolute atomic E-state index is 0. The first-order valence-electron chi connectivity index (χ1n) is 7.16. The molecule has 1 aromatic rings. The molecule has 128 valence electrons. The zero-order valence-corrected chi connectivity index (χ0v) is 15.5. The van der Waals surface area contributed by atoms with E-state index in [2.05, 4.69) is 0 Å². The van der Waals surface area contributed by atoms with Crippen molar-refractivity contribution < 1.29 is 13.5 Å². The summed E-state index contributed by atoms with van der Waals surface area (Å²) in [4.78, 5) is -0.0564. The van der Waals surface area contributed by atoms with Crippen LogP contribution in [0.4, 0.5) is 0 Å². The van der Waals surface area contributed by atoms with Crippen LogP contribution in [0.1, 0.15) is 45.7 Å². The van der Waals surface area contributed by atoms with Crippen molar-refractivity contribution in [3.05, 3.63) is 23.3 Å². The third-order valence-electron chi connectivity index (χ3n) is 3.56. The number of nitrogens with zero attached hydrogens (tertiary/aromatic N) is 1. The topological polar surface area (TPSA) is 83.6 Å². The van der Waals surface area contributed by atoms with Crippen molar-refractivity contribution in [3.63, 3.8) is 0 Å². The van der Waals surface area contributed by atoms with Crippen LogP contribution in [0.25, 0.3) is 0 Å². The van der Waals surface area contributed by atoms with Gasteiger partial charge in [-0.2, -0.15) is 4.31 Å². The highest BCUT2D eigenvalue weighted by molar-refractivity contribution is 7.89. The van der Waals surface area contributed by atoms with Gasteiger partial charge < -0.3 is 10.8 Å². The Morgan fingerprint density at radius 1 is 1.18 bits per heavy atom. The number of halogens is 1. The summed E-state index contributed by atoms with van der Waals surface area (Å²) in [7, 11) is -3.72. The number of hydrogen-bond donors (Lipinski definition) is 2. The van der Waals surface area contributed by atoms with E-state index in [-0.39, 0.29) is 35.0 Å². The van der Waals surface area contributed by atoms with Crippen LogP contribution in [0.2, 0.25) is 0 Å². The monoisotopic (exact) mass is 350 g/mol. The predicted molar refractivity (Wildman–Crippen MR) is 92.1 cm³/mol. The SMILES string of the molecule is CCN(CC)S(=O)(=O)c1cc(C(C)(C)C)cc(CN)c1O.Cl. The van der Waals surface area contributed by atoms with E-state index in [0.717, 1.165) is 5.56 Å². The second kappa shape index (κ2) is 7.64. The molecule has 0 aromatic heterocycles. The maximum absolute atomic E-state index is 12.7. The standard InChI is InChI=1S/C15H26N2O3S.ClH/c1-6-17(7-2)21(19,20)13-9-12(15(3,4)5)8-11(10-16)14(13)18;/h8-9,18H,6-7,10,16H2,1-5H3;1H. The minimum atomic E-state index is -3.72. The molecular formula is C15H27ClN2O3S. The number of phenolic OH excluding ortho intramolecular Hbond substituents is 1. The van der Waals surface area contributed by atoms with Gasteiger partial charge in [0.2, 0.25) is 10.0 Å². The highest BCUT2D eigenvalue weighted by Gasteiger charge is 2.28. The summed E-state index contributed by atoms with van der Waals surface area (Å²) in [5.74, 6) is -0.239. The van der Waals surface area contributed by atoms with Crippen molar-refractivity contribution in [2.24, 2.45) is 5.73 Å². The largest absolute Gasteiger partial charge is 0.506 e. The maximum Gasteiger partial charge on any atom is 0.246 e. The van der Waals surface area contributed by atoms with Gasteiger partial charge in [-0.15, -0.1) is 12.4 Å². The maximum atomic E-state index is 12.7. The average molecular weight is 351 g/mol. The van der Waals surface area contributed by atoms with Gasteiger partial charge in [-0.1, -0.05) is 40.7 Å². The van der Waals surface area contributed by atoms with E-state index in [1.54, 1.807) is 26.0 Å². The lowest BCUT2D eigenvalue weighted by molar-refractivity contribution is 0.424. The van der Waals surface area contributed by atoms with Crippen molar-refractivity contribution in [2.75, 3.05) is 13.1 Å². The van der Waals surface area contributed by atoms with Crippen LogP contribution >= 0.6 is 12.4 Å². The van der Waals surface area contributed by atoms with Gasteiger partial charge in [-0.05, 0) is 17.0 Å². The molecule has 0 bridgehead atoms. The van der Waals surface area contributed by atoms with E-state index in [0.29, 0.717) is 18.7 Å². The number of rotatable bonds is 5. The fraction of sp³-hybridized carbons (Fsp3) is 0.600. The Kier molecular flexibility index (Phi) is 7.35. The van der Waals surface area contributed by atoms with Gasteiger partial charge in [0.05, 0.1) is 0 Å². The molecule has 0 amide bonds. The third kappa shape index (κ3) is 4.13. The van der Waals surface area contributed by atoms with Crippen LogP contribution in [0.3, 0.4) is 0 Å². The van der Waals surface area contributed by atoms with Gasteiger partial charge in [0.25, 0.3) is 0 Å².